The van der Waals surface area contributed by atoms with Gasteiger partial charge in [-0.05, 0) is 48.9 Å². The smallest absolute Gasteiger partial charge is 0.326 e. The van der Waals surface area contributed by atoms with Crippen molar-refractivity contribution in [1.82, 2.24) is 0 Å². The number of non-ortho nitro benzene ring substituents is 1. The third-order valence-corrected chi connectivity index (χ3v) is 7.98. The molecule has 1 N–H and O–H groups in total. The number of aryl methyl sites for hydroxylation is 1. The Morgan fingerprint density at radius 3 is 2.52 bits per heavy atom. The predicted molar refractivity (Wildman–Crippen MR) is 124 cm³/mol. The van der Waals surface area contributed by atoms with E-state index < -0.39 is 27.1 Å². The average molecular weight is 450 g/mol. The SMILES string of the molecule is Cc1cccc(NC(=O)C23CCC(C)(C(=NOC(=O)c4cccc([N+](=O)[O-])c4)C2)C3(C)C)c1. The highest BCUT2D eigenvalue weighted by Gasteiger charge is 2.71. The van der Waals surface area contributed by atoms with E-state index in [0.29, 0.717) is 18.6 Å². The molecule has 0 saturated heterocycles. The summed E-state index contributed by atoms with van der Waals surface area (Å²) in [4.78, 5) is 41.7. The van der Waals surface area contributed by atoms with Gasteiger partial charge in [0.15, 0.2) is 0 Å². The van der Waals surface area contributed by atoms with E-state index in [-0.39, 0.29) is 17.2 Å². The summed E-state index contributed by atoms with van der Waals surface area (Å²) in [6.45, 7) is 8.17. The van der Waals surface area contributed by atoms with Gasteiger partial charge in [-0.15, -0.1) is 0 Å². The van der Waals surface area contributed by atoms with Crippen molar-refractivity contribution in [3.8, 4) is 0 Å². The van der Waals surface area contributed by atoms with E-state index in [0.717, 1.165) is 23.7 Å². The first kappa shape index (κ1) is 22.6. The maximum Gasteiger partial charge on any atom is 0.365 e. The van der Waals surface area contributed by atoms with E-state index in [9.17, 15) is 19.7 Å². The van der Waals surface area contributed by atoms with Gasteiger partial charge >= 0.3 is 5.97 Å². The minimum atomic E-state index is -0.770. The lowest BCUT2D eigenvalue weighted by molar-refractivity contribution is -0.384. The monoisotopic (exact) mass is 449 g/mol. The van der Waals surface area contributed by atoms with Gasteiger partial charge in [-0.2, -0.15) is 0 Å². The molecule has 2 unspecified atom stereocenters. The molecule has 2 aromatic carbocycles. The average Bonchev–Trinajstić information content (AvgIpc) is 3.08. The number of anilines is 1. The number of nitrogens with zero attached hydrogens (tertiary/aromatic N) is 2. The lowest BCUT2D eigenvalue weighted by Gasteiger charge is -2.39. The van der Waals surface area contributed by atoms with E-state index in [1.165, 1.54) is 18.2 Å². The summed E-state index contributed by atoms with van der Waals surface area (Å²) in [5.74, 6) is -0.828. The van der Waals surface area contributed by atoms with E-state index >= 15 is 0 Å². The molecule has 2 aromatic rings. The minimum absolute atomic E-state index is 0.0491. The summed E-state index contributed by atoms with van der Waals surface area (Å²) in [7, 11) is 0. The molecular formula is C25H27N3O5. The van der Waals surface area contributed by atoms with E-state index in [1.807, 2.05) is 31.2 Å². The molecule has 0 aliphatic heterocycles. The number of amides is 1. The quantitative estimate of drug-likeness (QED) is 0.380. The zero-order chi connectivity index (χ0) is 24.0. The second-order valence-corrected chi connectivity index (χ2v) is 9.76. The largest absolute Gasteiger partial charge is 0.365 e. The fourth-order valence-electron chi connectivity index (χ4n) is 5.39. The van der Waals surface area contributed by atoms with Gasteiger partial charge < -0.3 is 10.2 Å². The highest BCUT2D eigenvalue weighted by atomic mass is 16.7. The number of nitro groups is 1. The van der Waals surface area contributed by atoms with Crippen molar-refractivity contribution in [3.63, 3.8) is 0 Å². The van der Waals surface area contributed by atoms with Crippen LogP contribution in [0, 0.1) is 33.3 Å². The molecule has 0 heterocycles. The predicted octanol–water partition coefficient (Wildman–Crippen LogP) is 5.27. The van der Waals surface area contributed by atoms with Crippen molar-refractivity contribution in [2.45, 2.75) is 47.0 Å². The van der Waals surface area contributed by atoms with Gasteiger partial charge in [-0.25, -0.2) is 4.79 Å². The number of hydrogen-bond acceptors (Lipinski definition) is 6. The number of benzene rings is 2. The third-order valence-electron chi connectivity index (χ3n) is 7.98. The number of nitro benzene ring substituents is 1. The second-order valence-electron chi connectivity index (χ2n) is 9.76. The Morgan fingerprint density at radius 1 is 1.09 bits per heavy atom. The highest BCUT2D eigenvalue weighted by molar-refractivity contribution is 6.06. The van der Waals surface area contributed by atoms with Crippen LogP contribution in [0.2, 0.25) is 0 Å². The number of nitrogens with one attached hydrogen (secondary N) is 1. The fraction of sp³-hybridized carbons (Fsp3) is 0.400. The molecule has 2 aliphatic carbocycles. The van der Waals surface area contributed by atoms with Crippen molar-refractivity contribution in [3.05, 3.63) is 69.8 Å². The Bertz CT molecular complexity index is 1190. The van der Waals surface area contributed by atoms with Crippen LogP contribution < -0.4 is 5.32 Å². The number of hydrogen-bond donors (Lipinski definition) is 1. The Labute approximate surface area is 192 Å². The van der Waals surface area contributed by atoms with E-state index in [4.69, 9.17) is 4.84 Å². The van der Waals surface area contributed by atoms with Gasteiger partial charge in [-0.1, -0.05) is 44.1 Å². The first-order valence-electron chi connectivity index (χ1n) is 10.9. The molecule has 2 atom stereocenters. The Kier molecular flexibility index (Phi) is 5.35. The van der Waals surface area contributed by atoms with Gasteiger partial charge in [-0.3, -0.25) is 14.9 Å². The molecule has 172 valence electrons. The Morgan fingerprint density at radius 2 is 1.82 bits per heavy atom. The van der Waals surface area contributed by atoms with Crippen LogP contribution in [0.1, 0.15) is 56.0 Å². The summed E-state index contributed by atoms with van der Waals surface area (Å²) < 4.78 is 0. The van der Waals surface area contributed by atoms with Crippen LogP contribution in [-0.2, 0) is 9.63 Å². The number of fused-ring (bicyclic) bond motifs is 2. The van der Waals surface area contributed by atoms with Crippen molar-refractivity contribution in [2.24, 2.45) is 21.4 Å². The van der Waals surface area contributed by atoms with Crippen LogP contribution in [0.5, 0.6) is 0 Å². The molecule has 8 nitrogen and oxygen atoms in total. The van der Waals surface area contributed by atoms with Crippen LogP contribution in [0.25, 0.3) is 0 Å². The lowest BCUT2D eigenvalue weighted by atomic mass is 9.64. The minimum Gasteiger partial charge on any atom is -0.326 e. The first-order valence-corrected chi connectivity index (χ1v) is 10.9. The summed E-state index contributed by atoms with van der Waals surface area (Å²) in [5, 5.41) is 18.2. The number of oxime groups is 1. The fourth-order valence-corrected chi connectivity index (χ4v) is 5.39. The van der Waals surface area contributed by atoms with Crippen molar-refractivity contribution >= 4 is 29.0 Å². The molecule has 0 aromatic heterocycles. The molecule has 2 saturated carbocycles. The molecule has 0 radical (unpaired) electrons. The van der Waals surface area contributed by atoms with Gasteiger partial charge in [0, 0.05) is 29.7 Å². The maximum absolute atomic E-state index is 13.5. The Balaban J connectivity index is 1.58. The first-order chi connectivity index (χ1) is 15.5. The van der Waals surface area contributed by atoms with Gasteiger partial charge in [0.1, 0.15) is 0 Å². The normalized spacial score (nSPS) is 26.2. The maximum atomic E-state index is 13.5. The summed E-state index contributed by atoms with van der Waals surface area (Å²) >= 11 is 0. The Hall–Kier alpha value is -3.55. The third kappa shape index (κ3) is 3.50. The molecular weight excluding hydrogens is 422 g/mol. The van der Waals surface area contributed by atoms with Crippen molar-refractivity contribution in [1.29, 1.82) is 0 Å². The zero-order valence-corrected chi connectivity index (χ0v) is 19.2. The molecule has 4 rings (SSSR count). The molecule has 2 bridgehead atoms. The zero-order valence-electron chi connectivity index (χ0n) is 19.2. The van der Waals surface area contributed by atoms with Crippen molar-refractivity contribution in [2.75, 3.05) is 5.32 Å². The molecule has 2 aliphatic rings. The van der Waals surface area contributed by atoms with Gasteiger partial charge in [0.2, 0.25) is 5.91 Å². The van der Waals surface area contributed by atoms with Crippen LogP contribution in [0.15, 0.2) is 53.7 Å². The topological polar surface area (TPSA) is 111 Å². The second kappa shape index (κ2) is 7.79. The van der Waals surface area contributed by atoms with Gasteiger partial charge in [0.05, 0.1) is 21.6 Å². The number of carbonyl (C=O) groups is 2. The van der Waals surface area contributed by atoms with Crippen LogP contribution >= 0.6 is 0 Å². The van der Waals surface area contributed by atoms with E-state index in [1.54, 1.807) is 0 Å². The van der Waals surface area contributed by atoms with Crippen LogP contribution in [0.4, 0.5) is 11.4 Å². The number of carbonyl (C=O) groups excluding carboxylic acids is 2. The standard InChI is InChI=1S/C25H27N3O5/c1-16-7-5-9-18(13-16)26-22(30)25-12-11-24(4,23(25,2)3)20(15-25)27-33-21(29)17-8-6-10-19(14-17)28(31)32/h5-10,13-14H,11-12,15H2,1-4H3,(H,26,30). The number of rotatable bonds is 5. The van der Waals surface area contributed by atoms with E-state index in [2.05, 4.69) is 31.2 Å². The summed E-state index contributed by atoms with van der Waals surface area (Å²) in [6, 6.07) is 13.0. The van der Waals surface area contributed by atoms with Crippen LogP contribution in [-0.4, -0.2) is 22.5 Å². The van der Waals surface area contributed by atoms with Crippen LogP contribution in [0.3, 0.4) is 0 Å². The molecule has 33 heavy (non-hydrogen) atoms. The molecule has 8 heteroatoms. The molecule has 1 amide bonds. The van der Waals surface area contributed by atoms with Crippen molar-refractivity contribution < 1.29 is 19.3 Å². The molecule has 0 spiro atoms. The summed E-state index contributed by atoms with van der Waals surface area (Å²) in [6.07, 6.45) is 1.84. The molecule has 2 fully saturated rings. The van der Waals surface area contributed by atoms with Gasteiger partial charge in [0.25, 0.3) is 5.69 Å². The lowest BCUT2D eigenvalue weighted by Crippen LogP contribution is -2.43. The highest BCUT2D eigenvalue weighted by Crippen LogP contribution is 2.71. The summed E-state index contributed by atoms with van der Waals surface area (Å²) in [5.41, 5.74) is 0.818.